The molecule has 4 aliphatic rings. The molecule has 12 heteroatoms. The van der Waals surface area contributed by atoms with E-state index in [4.69, 9.17) is 18.7 Å². The summed E-state index contributed by atoms with van der Waals surface area (Å²) in [6.45, 7) is 6.72. The van der Waals surface area contributed by atoms with Crippen LogP contribution in [-0.4, -0.2) is 77.0 Å². The van der Waals surface area contributed by atoms with Gasteiger partial charge in [-0.1, -0.05) is 11.2 Å². The van der Waals surface area contributed by atoms with Gasteiger partial charge in [0.05, 0.1) is 33.0 Å². The number of amides is 1. The van der Waals surface area contributed by atoms with Crippen molar-refractivity contribution >= 4 is 27.4 Å². The standard InChI is InChI=1S/C31H36N4O7S/c1-18-17-41-19(2)16-35(18)30(36)20-12-25(39-3)28(26(13-20)40-4)43(37,38)33-29-23-15-31(8-9-31)24-7-6-21(34-10-5-11-34)14-22(24)27(23)42-32-29/h6-7,12-14,18-19H,5,8-11,15-17H2,1-4H3,(H,32,33)/t18-,19+/m1/s1. The lowest BCUT2D eigenvalue weighted by Crippen LogP contribution is -2.50. The Kier molecular flexibility index (Phi) is 6.62. The molecule has 2 aliphatic heterocycles. The zero-order chi connectivity index (χ0) is 30.1. The number of sulfonamides is 1. The van der Waals surface area contributed by atoms with Gasteiger partial charge in [0, 0.05) is 47.4 Å². The average molecular weight is 609 g/mol. The number of hydrogen-bond donors (Lipinski definition) is 1. The summed E-state index contributed by atoms with van der Waals surface area (Å²) in [5.41, 5.74) is 4.32. The monoisotopic (exact) mass is 608 g/mol. The highest BCUT2D eigenvalue weighted by molar-refractivity contribution is 7.93. The van der Waals surface area contributed by atoms with Crippen molar-refractivity contribution < 1.29 is 31.9 Å². The molecule has 3 aromatic rings. The third-order valence-corrected chi connectivity index (χ3v) is 10.7. The van der Waals surface area contributed by atoms with Gasteiger partial charge in [0.25, 0.3) is 15.9 Å². The first-order valence-corrected chi connectivity index (χ1v) is 16.2. The third kappa shape index (κ3) is 4.62. The first-order valence-electron chi connectivity index (χ1n) is 14.7. The zero-order valence-corrected chi connectivity index (χ0v) is 25.6. The van der Waals surface area contributed by atoms with Crippen LogP contribution in [0.1, 0.15) is 54.6 Å². The van der Waals surface area contributed by atoms with Crippen LogP contribution in [0.3, 0.4) is 0 Å². The molecule has 43 heavy (non-hydrogen) atoms. The minimum atomic E-state index is -4.28. The van der Waals surface area contributed by atoms with Crippen molar-refractivity contribution in [2.45, 2.75) is 62.0 Å². The lowest BCUT2D eigenvalue weighted by Gasteiger charge is -2.37. The Labute approximate surface area is 251 Å². The lowest BCUT2D eigenvalue weighted by atomic mass is 9.79. The van der Waals surface area contributed by atoms with Crippen molar-refractivity contribution in [1.82, 2.24) is 10.1 Å². The number of hydrogen-bond acceptors (Lipinski definition) is 9. The highest BCUT2D eigenvalue weighted by atomic mass is 32.2. The van der Waals surface area contributed by atoms with E-state index in [1.807, 2.05) is 13.8 Å². The Morgan fingerprint density at radius 3 is 2.44 bits per heavy atom. The Morgan fingerprint density at radius 1 is 1.09 bits per heavy atom. The molecule has 3 heterocycles. The van der Waals surface area contributed by atoms with Gasteiger partial charge in [0.2, 0.25) is 0 Å². The van der Waals surface area contributed by atoms with E-state index in [2.05, 4.69) is 33.0 Å². The van der Waals surface area contributed by atoms with Crippen LogP contribution in [0.4, 0.5) is 11.5 Å². The molecule has 1 N–H and O–H groups in total. The number of carbonyl (C=O) groups is 1. The maximum Gasteiger partial charge on any atom is 0.270 e. The summed E-state index contributed by atoms with van der Waals surface area (Å²) in [5, 5.41) is 4.21. The second-order valence-corrected chi connectivity index (χ2v) is 13.8. The van der Waals surface area contributed by atoms with Crippen LogP contribution >= 0.6 is 0 Å². The number of benzene rings is 2. The number of fused-ring (bicyclic) bond motifs is 4. The fraction of sp³-hybridized carbons (Fsp3) is 0.484. The predicted molar refractivity (Wildman–Crippen MR) is 160 cm³/mol. The van der Waals surface area contributed by atoms with Gasteiger partial charge in [-0.3, -0.25) is 9.52 Å². The van der Waals surface area contributed by atoms with E-state index in [0.717, 1.165) is 42.7 Å². The number of ether oxygens (including phenoxy) is 3. The molecule has 0 unspecified atom stereocenters. The van der Waals surface area contributed by atoms with Crippen molar-refractivity contribution in [1.29, 1.82) is 0 Å². The van der Waals surface area contributed by atoms with Gasteiger partial charge in [-0.05, 0) is 69.4 Å². The molecule has 2 aromatic carbocycles. The maximum absolute atomic E-state index is 14.0. The number of nitrogens with zero attached hydrogens (tertiary/aromatic N) is 3. The van der Waals surface area contributed by atoms with Gasteiger partial charge in [0.15, 0.2) is 16.5 Å². The van der Waals surface area contributed by atoms with E-state index in [1.54, 1.807) is 4.90 Å². The minimum absolute atomic E-state index is 0.00952. The average Bonchev–Trinajstić information content (AvgIpc) is 3.64. The van der Waals surface area contributed by atoms with Crippen LogP contribution in [0.5, 0.6) is 11.5 Å². The van der Waals surface area contributed by atoms with Gasteiger partial charge in [-0.2, -0.15) is 0 Å². The number of carbonyl (C=O) groups excluding carboxylic acids is 1. The van der Waals surface area contributed by atoms with Crippen molar-refractivity contribution in [2.24, 2.45) is 0 Å². The van der Waals surface area contributed by atoms with E-state index < -0.39 is 10.0 Å². The van der Waals surface area contributed by atoms with Gasteiger partial charge in [-0.15, -0.1) is 0 Å². The first-order chi connectivity index (χ1) is 20.6. The lowest BCUT2D eigenvalue weighted by molar-refractivity contribution is -0.0387. The van der Waals surface area contributed by atoms with Crippen LogP contribution in [-0.2, 0) is 26.6 Å². The van der Waals surface area contributed by atoms with E-state index in [9.17, 15) is 13.2 Å². The molecule has 2 saturated heterocycles. The van der Waals surface area contributed by atoms with Crippen LogP contribution in [0.2, 0.25) is 0 Å². The molecule has 228 valence electrons. The first kappa shape index (κ1) is 28.0. The Morgan fingerprint density at radius 2 is 1.81 bits per heavy atom. The summed E-state index contributed by atoms with van der Waals surface area (Å²) >= 11 is 0. The quantitative estimate of drug-likeness (QED) is 0.420. The number of anilines is 2. The predicted octanol–water partition coefficient (Wildman–Crippen LogP) is 4.21. The van der Waals surface area contributed by atoms with Crippen LogP contribution < -0.4 is 19.1 Å². The second kappa shape index (κ2) is 10.2. The normalized spacial score (nSPS) is 22.0. The molecular formula is C31H36N4O7S. The van der Waals surface area contributed by atoms with Crippen LogP contribution in [0.25, 0.3) is 11.3 Å². The van der Waals surface area contributed by atoms with Crippen LogP contribution in [0, 0.1) is 0 Å². The van der Waals surface area contributed by atoms with Gasteiger partial charge in [0.1, 0.15) is 11.5 Å². The molecule has 1 amide bonds. The van der Waals surface area contributed by atoms with E-state index >= 15 is 0 Å². The minimum Gasteiger partial charge on any atom is -0.495 e. The van der Waals surface area contributed by atoms with Crippen molar-refractivity contribution in [3.8, 4) is 22.8 Å². The number of nitrogens with one attached hydrogen (secondary N) is 1. The number of methoxy groups -OCH3 is 2. The summed E-state index contributed by atoms with van der Waals surface area (Å²) in [6, 6.07) is 9.27. The highest BCUT2D eigenvalue weighted by Gasteiger charge is 2.51. The van der Waals surface area contributed by atoms with Crippen molar-refractivity contribution in [2.75, 3.05) is 50.1 Å². The fourth-order valence-corrected chi connectivity index (χ4v) is 7.88. The highest BCUT2D eigenvalue weighted by Crippen LogP contribution is 2.59. The Balaban J connectivity index is 1.23. The van der Waals surface area contributed by atoms with Gasteiger partial charge < -0.3 is 28.5 Å². The third-order valence-electron chi connectivity index (χ3n) is 9.27. The summed E-state index contributed by atoms with van der Waals surface area (Å²) in [4.78, 5) is 17.3. The molecule has 1 saturated carbocycles. The molecule has 2 aliphatic carbocycles. The molecule has 0 radical (unpaired) electrons. The SMILES string of the molecule is COc1cc(C(=O)N2C[C@H](C)OC[C@H]2C)cc(OC)c1S(=O)(=O)Nc1noc2c1CC1(CC1)c1ccc(N3CCC3)cc1-2. The molecule has 1 spiro atoms. The largest absolute Gasteiger partial charge is 0.495 e. The molecule has 11 nitrogen and oxygen atoms in total. The molecule has 1 aromatic heterocycles. The van der Waals surface area contributed by atoms with Crippen molar-refractivity contribution in [3.63, 3.8) is 0 Å². The summed E-state index contributed by atoms with van der Waals surface area (Å²) in [6.07, 6.45) is 3.76. The Bertz CT molecular complexity index is 1690. The van der Waals surface area contributed by atoms with E-state index in [1.165, 1.54) is 38.3 Å². The number of aromatic nitrogens is 1. The molecule has 7 rings (SSSR count). The summed E-state index contributed by atoms with van der Waals surface area (Å²) < 4.78 is 53.1. The smallest absolute Gasteiger partial charge is 0.270 e. The zero-order valence-electron chi connectivity index (χ0n) is 24.8. The number of rotatable bonds is 7. The molecular weight excluding hydrogens is 572 g/mol. The second-order valence-electron chi connectivity index (χ2n) is 12.1. The molecule has 3 fully saturated rings. The summed E-state index contributed by atoms with van der Waals surface area (Å²) in [5.74, 6) is 0.477. The summed E-state index contributed by atoms with van der Waals surface area (Å²) in [7, 11) is -1.55. The number of morpholine rings is 1. The topological polar surface area (TPSA) is 123 Å². The van der Waals surface area contributed by atoms with Gasteiger partial charge >= 0.3 is 0 Å². The molecule has 0 bridgehead atoms. The van der Waals surface area contributed by atoms with Crippen LogP contribution in [0.15, 0.2) is 39.8 Å². The fourth-order valence-electron chi connectivity index (χ4n) is 6.55. The Hall–Kier alpha value is -3.77. The van der Waals surface area contributed by atoms with E-state index in [-0.39, 0.29) is 51.2 Å². The van der Waals surface area contributed by atoms with E-state index in [0.29, 0.717) is 25.3 Å². The van der Waals surface area contributed by atoms with Crippen molar-refractivity contribution in [3.05, 3.63) is 47.0 Å². The molecule has 2 atom stereocenters. The van der Waals surface area contributed by atoms with Gasteiger partial charge in [-0.25, -0.2) is 8.42 Å². The maximum atomic E-state index is 14.0.